The Balaban J connectivity index is 1.50. The van der Waals surface area contributed by atoms with E-state index in [4.69, 9.17) is 5.73 Å². The fraction of sp³-hybridized carbons (Fsp3) is 0.143. The number of anilines is 1. The van der Waals surface area contributed by atoms with Crippen LogP contribution in [0.2, 0.25) is 0 Å². The molecule has 146 valence electrons. The lowest BCUT2D eigenvalue weighted by Crippen LogP contribution is -2.21. The van der Waals surface area contributed by atoms with Gasteiger partial charge in [0.2, 0.25) is 5.91 Å². The summed E-state index contributed by atoms with van der Waals surface area (Å²) in [6, 6.07) is 15.2. The molecule has 8 nitrogen and oxygen atoms in total. The number of aryl methyl sites for hydroxylation is 1. The average Bonchev–Trinajstić information content (AvgIpc) is 3.35. The molecule has 0 aliphatic rings. The number of aromatic nitrogens is 5. The summed E-state index contributed by atoms with van der Waals surface area (Å²) in [5.41, 5.74) is 9.58. The van der Waals surface area contributed by atoms with Crippen molar-refractivity contribution in [2.45, 2.75) is 20.0 Å². The first-order valence-electron chi connectivity index (χ1n) is 9.23. The minimum atomic E-state index is -0.205. The third kappa shape index (κ3) is 4.07. The largest absolute Gasteiger partial charge is 0.326 e. The lowest BCUT2D eigenvalue weighted by atomic mass is 10.0. The summed E-state index contributed by atoms with van der Waals surface area (Å²) >= 11 is 0. The molecule has 1 aromatic carbocycles. The number of rotatable bonds is 6. The predicted molar refractivity (Wildman–Crippen MR) is 110 cm³/mol. The molecule has 0 bridgehead atoms. The van der Waals surface area contributed by atoms with Gasteiger partial charge in [-0.25, -0.2) is 4.98 Å². The standard InChI is InChI=1S/C21H21N7O/c1-15-10-20(28(26-15)19-8-4-5-9-23-19)25-21(29)14-27-13-17(12-24-27)18-7-3-2-6-16(18)11-22/h2-10,12-13H,11,14,22H2,1H3,(H,25,29). The summed E-state index contributed by atoms with van der Waals surface area (Å²) < 4.78 is 3.21. The Bertz CT molecular complexity index is 1130. The van der Waals surface area contributed by atoms with E-state index in [0.29, 0.717) is 18.2 Å². The van der Waals surface area contributed by atoms with Crippen molar-refractivity contribution < 1.29 is 4.79 Å². The number of pyridine rings is 1. The minimum Gasteiger partial charge on any atom is -0.326 e. The Hall–Kier alpha value is -3.78. The number of carbonyl (C=O) groups is 1. The van der Waals surface area contributed by atoms with Crippen LogP contribution in [0.3, 0.4) is 0 Å². The second-order valence-electron chi connectivity index (χ2n) is 6.61. The van der Waals surface area contributed by atoms with Crippen molar-refractivity contribution in [3.8, 4) is 16.9 Å². The van der Waals surface area contributed by atoms with Gasteiger partial charge in [0.25, 0.3) is 0 Å². The lowest BCUT2D eigenvalue weighted by molar-refractivity contribution is -0.116. The molecule has 0 spiro atoms. The van der Waals surface area contributed by atoms with Crippen LogP contribution in [0.1, 0.15) is 11.3 Å². The van der Waals surface area contributed by atoms with Gasteiger partial charge in [-0.1, -0.05) is 30.3 Å². The molecule has 8 heteroatoms. The molecule has 0 fully saturated rings. The summed E-state index contributed by atoms with van der Waals surface area (Å²) in [6.07, 6.45) is 5.27. The first-order valence-corrected chi connectivity index (χ1v) is 9.23. The summed E-state index contributed by atoms with van der Waals surface area (Å²) in [5, 5.41) is 11.6. The maximum Gasteiger partial charge on any atom is 0.247 e. The summed E-state index contributed by atoms with van der Waals surface area (Å²) in [7, 11) is 0. The van der Waals surface area contributed by atoms with E-state index in [1.807, 2.05) is 55.6 Å². The van der Waals surface area contributed by atoms with E-state index in [9.17, 15) is 4.79 Å². The number of amides is 1. The van der Waals surface area contributed by atoms with E-state index in [-0.39, 0.29) is 12.5 Å². The van der Waals surface area contributed by atoms with Crippen LogP contribution >= 0.6 is 0 Å². The van der Waals surface area contributed by atoms with Crippen molar-refractivity contribution >= 4 is 11.7 Å². The SMILES string of the molecule is Cc1cc(NC(=O)Cn2cc(-c3ccccc3CN)cn2)n(-c2ccccn2)n1. The van der Waals surface area contributed by atoms with E-state index >= 15 is 0 Å². The van der Waals surface area contributed by atoms with Gasteiger partial charge in [0, 0.05) is 30.6 Å². The quantitative estimate of drug-likeness (QED) is 0.529. The van der Waals surface area contributed by atoms with Gasteiger partial charge in [0.15, 0.2) is 5.82 Å². The first-order chi connectivity index (χ1) is 14.1. The topological polar surface area (TPSA) is 104 Å². The van der Waals surface area contributed by atoms with Crippen LogP contribution in [0.4, 0.5) is 5.82 Å². The molecule has 1 amide bonds. The molecule has 3 N–H and O–H groups in total. The second-order valence-corrected chi connectivity index (χ2v) is 6.61. The van der Waals surface area contributed by atoms with Gasteiger partial charge in [0.1, 0.15) is 12.4 Å². The fourth-order valence-corrected chi connectivity index (χ4v) is 3.14. The smallest absolute Gasteiger partial charge is 0.247 e. The number of nitrogens with one attached hydrogen (secondary N) is 1. The van der Waals surface area contributed by atoms with E-state index < -0.39 is 0 Å². The van der Waals surface area contributed by atoms with Gasteiger partial charge in [-0.15, -0.1) is 0 Å². The molecular weight excluding hydrogens is 366 g/mol. The summed E-state index contributed by atoms with van der Waals surface area (Å²) in [4.78, 5) is 16.9. The normalized spacial score (nSPS) is 10.8. The van der Waals surface area contributed by atoms with Gasteiger partial charge in [-0.2, -0.15) is 14.9 Å². The molecule has 0 unspecified atom stereocenters. The van der Waals surface area contributed by atoms with Crippen molar-refractivity contribution in [3.05, 3.63) is 78.4 Å². The average molecular weight is 387 g/mol. The van der Waals surface area contributed by atoms with Crippen molar-refractivity contribution in [3.63, 3.8) is 0 Å². The lowest BCUT2D eigenvalue weighted by Gasteiger charge is -2.08. The molecule has 0 saturated heterocycles. The number of benzene rings is 1. The number of hydrogen-bond donors (Lipinski definition) is 2. The van der Waals surface area contributed by atoms with Crippen LogP contribution in [0.5, 0.6) is 0 Å². The van der Waals surface area contributed by atoms with Crippen LogP contribution in [0, 0.1) is 6.92 Å². The van der Waals surface area contributed by atoms with Gasteiger partial charge >= 0.3 is 0 Å². The molecule has 4 aromatic rings. The molecule has 0 atom stereocenters. The molecule has 0 aliphatic carbocycles. The van der Waals surface area contributed by atoms with Gasteiger partial charge < -0.3 is 11.1 Å². The molecule has 0 radical (unpaired) electrons. The zero-order valence-corrected chi connectivity index (χ0v) is 16.0. The van der Waals surface area contributed by atoms with Crippen molar-refractivity contribution in [1.29, 1.82) is 0 Å². The van der Waals surface area contributed by atoms with Crippen LogP contribution in [-0.4, -0.2) is 30.5 Å². The Kier molecular flexibility index (Phi) is 5.17. The fourth-order valence-electron chi connectivity index (χ4n) is 3.14. The zero-order chi connectivity index (χ0) is 20.2. The molecular formula is C21H21N7O. The number of nitrogens with two attached hydrogens (primary N) is 1. The maximum atomic E-state index is 12.6. The van der Waals surface area contributed by atoms with Gasteiger partial charge in [-0.3, -0.25) is 9.48 Å². The summed E-state index contributed by atoms with van der Waals surface area (Å²) in [5.74, 6) is 0.992. The van der Waals surface area contributed by atoms with Gasteiger partial charge in [-0.05, 0) is 30.2 Å². The Morgan fingerprint density at radius 1 is 1.17 bits per heavy atom. The second kappa shape index (κ2) is 8.07. The molecule has 3 heterocycles. The molecule has 0 saturated carbocycles. The van der Waals surface area contributed by atoms with Crippen molar-refractivity contribution in [2.75, 3.05) is 5.32 Å². The van der Waals surface area contributed by atoms with Crippen LogP contribution in [-0.2, 0) is 17.9 Å². The van der Waals surface area contributed by atoms with Crippen LogP contribution in [0.15, 0.2) is 67.1 Å². The third-order valence-electron chi connectivity index (χ3n) is 4.45. The summed E-state index contributed by atoms with van der Waals surface area (Å²) in [6.45, 7) is 2.39. The maximum absolute atomic E-state index is 12.6. The monoisotopic (exact) mass is 387 g/mol. The molecule has 4 rings (SSSR count). The Morgan fingerprint density at radius 2 is 2.00 bits per heavy atom. The van der Waals surface area contributed by atoms with E-state index in [2.05, 4.69) is 20.5 Å². The molecule has 29 heavy (non-hydrogen) atoms. The van der Waals surface area contributed by atoms with Crippen molar-refractivity contribution in [1.82, 2.24) is 24.5 Å². The highest BCUT2D eigenvalue weighted by Gasteiger charge is 2.13. The Labute approximate surface area is 168 Å². The highest BCUT2D eigenvalue weighted by atomic mass is 16.2. The van der Waals surface area contributed by atoms with E-state index in [1.54, 1.807) is 27.8 Å². The Morgan fingerprint density at radius 3 is 2.79 bits per heavy atom. The van der Waals surface area contributed by atoms with Crippen LogP contribution in [0.25, 0.3) is 16.9 Å². The number of hydrogen-bond acceptors (Lipinski definition) is 5. The minimum absolute atomic E-state index is 0.0806. The predicted octanol–water partition coefficient (Wildman–Crippen LogP) is 2.54. The first kappa shape index (κ1) is 18.6. The molecule has 3 aromatic heterocycles. The van der Waals surface area contributed by atoms with Gasteiger partial charge in [0.05, 0.1) is 11.9 Å². The highest BCUT2D eigenvalue weighted by Crippen LogP contribution is 2.23. The zero-order valence-electron chi connectivity index (χ0n) is 16.0. The van der Waals surface area contributed by atoms with E-state index in [1.165, 1.54) is 0 Å². The molecule has 0 aliphatic heterocycles. The number of carbonyl (C=O) groups excluding carboxylic acids is 1. The highest BCUT2D eigenvalue weighted by molar-refractivity contribution is 5.90. The van der Waals surface area contributed by atoms with Crippen molar-refractivity contribution in [2.24, 2.45) is 5.73 Å². The van der Waals surface area contributed by atoms with Crippen LogP contribution < -0.4 is 11.1 Å². The number of nitrogens with zero attached hydrogens (tertiary/aromatic N) is 5. The van der Waals surface area contributed by atoms with E-state index in [0.717, 1.165) is 22.4 Å². The third-order valence-corrected chi connectivity index (χ3v) is 4.45.